The lowest BCUT2D eigenvalue weighted by molar-refractivity contribution is -0.117. The van der Waals surface area contributed by atoms with Gasteiger partial charge in [0, 0.05) is 22.7 Å². The zero-order valence-electron chi connectivity index (χ0n) is 17.7. The number of ether oxygens (including phenoxy) is 1. The van der Waals surface area contributed by atoms with Crippen LogP contribution in [0.1, 0.15) is 36.6 Å². The van der Waals surface area contributed by atoms with Gasteiger partial charge in [0.15, 0.2) is 0 Å². The number of anilines is 1. The summed E-state index contributed by atoms with van der Waals surface area (Å²) in [4.78, 5) is 25.3. The van der Waals surface area contributed by atoms with Gasteiger partial charge in [-0.25, -0.2) is 4.68 Å². The van der Waals surface area contributed by atoms with Crippen molar-refractivity contribution >= 4 is 23.2 Å². The number of aromatic nitrogens is 2. The number of nitrogens with zero attached hydrogens (tertiary/aromatic N) is 2. The zero-order valence-corrected chi connectivity index (χ0v) is 18.5. The molecule has 1 heterocycles. The highest BCUT2D eigenvalue weighted by atomic mass is 35.5. The van der Waals surface area contributed by atoms with E-state index in [1.165, 1.54) is 4.68 Å². The number of hydrogen-bond acceptors (Lipinski definition) is 4. The first kappa shape index (κ1) is 22.6. The number of nitrogens with one attached hydrogen (secondary N) is 1. The van der Waals surface area contributed by atoms with Crippen molar-refractivity contribution in [1.82, 2.24) is 9.78 Å². The highest BCUT2D eigenvalue weighted by molar-refractivity contribution is 6.30. The summed E-state index contributed by atoms with van der Waals surface area (Å²) < 4.78 is 6.83. The summed E-state index contributed by atoms with van der Waals surface area (Å²) in [6, 6.07) is 16.3. The van der Waals surface area contributed by atoms with Gasteiger partial charge in [-0.3, -0.25) is 9.59 Å². The summed E-state index contributed by atoms with van der Waals surface area (Å²) in [6.07, 6.45) is 2.51. The van der Waals surface area contributed by atoms with Gasteiger partial charge in [-0.1, -0.05) is 37.1 Å². The van der Waals surface area contributed by atoms with Gasteiger partial charge in [0.2, 0.25) is 5.91 Å². The Kier molecular flexibility index (Phi) is 7.84. The maximum absolute atomic E-state index is 12.8. The Labute approximate surface area is 186 Å². The molecule has 3 aromatic rings. The van der Waals surface area contributed by atoms with Crippen molar-refractivity contribution in [2.24, 2.45) is 0 Å². The molecule has 0 unspecified atom stereocenters. The number of amides is 1. The Hall–Kier alpha value is -3.12. The standard InChI is InChI=1S/C24H26ClN3O3/c1-3-4-13-31-22-11-9-21(10-12-22)26-23(29)16-28-24(30)19(14-17(2)27-28)15-18-5-7-20(25)8-6-18/h5-12,14H,3-4,13,15-16H2,1-2H3,(H,26,29). The number of unbranched alkanes of at least 4 members (excludes halogenated alkanes) is 1. The molecule has 0 bridgehead atoms. The van der Waals surface area contributed by atoms with Crippen LogP contribution in [0.3, 0.4) is 0 Å². The predicted molar refractivity (Wildman–Crippen MR) is 123 cm³/mol. The van der Waals surface area contributed by atoms with E-state index >= 15 is 0 Å². The minimum atomic E-state index is -0.322. The second kappa shape index (κ2) is 10.8. The molecule has 7 heteroatoms. The van der Waals surface area contributed by atoms with Gasteiger partial charge in [-0.15, -0.1) is 0 Å². The molecular weight excluding hydrogens is 414 g/mol. The molecule has 0 aliphatic rings. The average Bonchev–Trinajstić information content (AvgIpc) is 2.74. The number of rotatable bonds is 9. The molecule has 1 amide bonds. The van der Waals surface area contributed by atoms with E-state index < -0.39 is 0 Å². The third-order valence-electron chi connectivity index (χ3n) is 4.68. The van der Waals surface area contributed by atoms with E-state index in [9.17, 15) is 9.59 Å². The predicted octanol–water partition coefficient (Wildman–Crippen LogP) is 4.61. The molecule has 162 valence electrons. The van der Waals surface area contributed by atoms with Gasteiger partial charge in [0.1, 0.15) is 12.3 Å². The van der Waals surface area contributed by atoms with Crippen LogP contribution in [0.5, 0.6) is 5.75 Å². The molecule has 2 aromatic carbocycles. The third-order valence-corrected chi connectivity index (χ3v) is 4.93. The highest BCUT2D eigenvalue weighted by Gasteiger charge is 2.12. The third kappa shape index (κ3) is 6.69. The van der Waals surface area contributed by atoms with Gasteiger partial charge >= 0.3 is 0 Å². The van der Waals surface area contributed by atoms with Gasteiger partial charge < -0.3 is 10.1 Å². The topological polar surface area (TPSA) is 73.2 Å². The maximum atomic E-state index is 12.8. The highest BCUT2D eigenvalue weighted by Crippen LogP contribution is 2.16. The first-order valence-electron chi connectivity index (χ1n) is 10.3. The van der Waals surface area contributed by atoms with Crippen molar-refractivity contribution in [3.8, 4) is 5.75 Å². The smallest absolute Gasteiger partial charge is 0.270 e. The van der Waals surface area contributed by atoms with Crippen molar-refractivity contribution in [1.29, 1.82) is 0 Å². The van der Waals surface area contributed by atoms with Crippen LogP contribution in [-0.2, 0) is 17.8 Å². The minimum absolute atomic E-state index is 0.164. The van der Waals surface area contributed by atoms with Crippen molar-refractivity contribution in [3.63, 3.8) is 0 Å². The van der Waals surface area contributed by atoms with E-state index in [4.69, 9.17) is 16.3 Å². The molecule has 1 N–H and O–H groups in total. The summed E-state index contributed by atoms with van der Waals surface area (Å²) in [5.41, 5.74) is 2.57. The molecule has 0 aliphatic carbocycles. The molecule has 3 rings (SSSR count). The number of halogens is 1. The van der Waals surface area contributed by atoms with E-state index in [2.05, 4.69) is 17.3 Å². The van der Waals surface area contributed by atoms with E-state index in [-0.39, 0.29) is 18.0 Å². The Morgan fingerprint density at radius 1 is 1.13 bits per heavy atom. The van der Waals surface area contributed by atoms with E-state index in [0.29, 0.717) is 35.0 Å². The Morgan fingerprint density at radius 3 is 2.52 bits per heavy atom. The van der Waals surface area contributed by atoms with Crippen LogP contribution in [0.15, 0.2) is 59.4 Å². The van der Waals surface area contributed by atoms with Crippen LogP contribution in [0.25, 0.3) is 0 Å². The fourth-order valence-corrected chi connectivity index (χ4v) is 3.23. The van der Waals surface area contributed by atoms with Crippen LogP contribution in [0.4, 0.5) is 5.69 Å². The molecule has 0 fully saturated rings. The number of carbonyl (C=O) groups is 1. The monoisotopic (exact) mass is 439 g/mol. The molecule has 31 heavy (non-hydrogen) atoms. The van der Waals surface area contributed by atoms with Gasteiger partial charge in [0.05, 0.1) is 12.3 Å². The molecule has 1 aromatic heterocycles. The van der Waals surface area contributed by atoms with E-state index in [0.717, 1.165) is 24.2 Å². The fourth-order valence-electron chi connectivity index (χ4n) is 3.11. The molecule has 0 saturated carbocycles. The van der Waals surface area contributed by atoms with Crippen molar-refractivity contribution in [3.05, 3.63) is 86.8 Å². The van der Waals surface area contributed by atoms with Crippen LogP contribution < -0.4 is 15.6 Å². The van der Waals surface area contributed by atoms with Gasteiger partial charge in [0.25, 0.3) is 5.56 Å². The number of carbonyl (C=O) groups excluding carboxylic acids is 1. The molecule has 0 aliphatic heterocycles. The largest absolute Gasteiger partial charge is 0.494 e. The summed E-state index contributed by atoms with van der Waals surface area (Å²) in [6.45, 7) is 4.42. The van der Waals surface area contributed by atoms with Crippen LogP contribution in [0.2, 0.25) is 5.02 Å². The lowest BCUT2D eigenvalue weighted by Gasteiger charge is -2.11. The van der Waals surface area contributed by atoms with Crippen molar-refractivity contribution in [2.45, 2.75) is 39.7 Å². The lowest BCUT2D eigenvalue weighted by Crippen LogP contribution is -2.32. The van der Waals surface area contributed by atoms with Crippen LogP contribution in [-0.4, -0.2) is 22.3 Å². The normalized spacial score (nSPS) is 10.7. The Balaban J connectivity index is 1.66. The Morgan fingerprint density at radius 2 is 1.84 bits per heavy atom. The van der Waals surface area contributed by atoms with Crippen molar-refractivity contribution < 1.29 is 9.53 Å². The molecule has 0 radical (unpaired) electrons. The number of aryl methyl sites for hydroxylation is 1. The first-order chi connectivity index (χ1) is 14.9. The van der Waals surface area contributed by atoms with Gasteiger partial charge in [-0.05, 0) is 61.4 Å². The quantitative estimate of drug-likeness (QED) is 0.494. The summed E-state index contributed by atoms with van der Waals surface area (Å²) in [5, 5.41) is 7.67. The second-order valence-electron chi connectivity index (χ2n) is 7.35. The SMILES string of the molecule is CCCCOc1ccc(NC(=O)Cn2nc(C)cc(Cc3ccc(Cl)cc3)c2=O)cc1. The Bertz CT molecular complexity index is 1080. The van der Waals surface area contributed by atoms with Crippen LogP contribution >= 0.6 is 11.6 Å². The molecular formula is C24H26ClN3O3. The summed E-state index contributed by atoms with van der Waals surface area (Å²) in [5.74, 6) is 0.437. The first-order valence-corrected chi connectivity index (χ1v) is 10.7. The van der Waals surface area contributed by atoms with E-state index in [1.807, 2.05) is 24.3 Å². The van der Waals surface area contributed by atoms with Crippen LogP contribution in [0, 0.1) is 6.92 Å². The minimum Gasteiger partial charge on any atom is -0.494 e. The van der Waals surface area contributed by atoms with Crippen molar-refractivity contribution in [2.75, 3.05) is 11.9 Å². The fraction of sp³-hybridized carbons (Fsp3) is 0.292. The second-order valence-corrected chi connectivity index (χ2v) is 7.79. The molecule has 0 spiro atoms. The van der Waals surface area contributed by atoms with E-state index in [1.54, 1.807) is 37.3 Å². The lowest BCUT2D eigenvalue weighted by atomic mass is 10.1. The number of hydrogen-bond donors (Lipinski definition) is 1. The average molecular weight is 440 g/mol. The maximum Gasteiger partial charge on any atom is 0.270 e. The molecule has 0 saturated heterocycles. The molecule has 0 atom stereocenters. The summed E-state index contributed by atoms with van der Waals surface area (Å²) >= 11 is 5.93. The zero-order chi connectivity index (χ0) is 22.2. The van der Waals surface area contributed by atoms with Gasteiger partial charge in [-0.2, -0.15) is 5.10 Å². The summed E-state index contributed by atoms with van der Waals surface area (Å²) in [7, 11) is 0. The number of benzene rings is 2. The molecule has 6 nitrogen and oxygen atoms in total.